The molecular weight excluding hydrogens is 316 g/mol. The molecule has 1 rings (SSSR count). The van der Waals surface area contributed by atoms with Gasteiger partial charge >= 0.3 is 6.09 Å². The van der Waals surface area contributed by atoms with Gasteiger partial charge in [0.15, 0.2) is 0 Å². The highest BCUT2D eigenvalue weighted by molar-refractivity contribution is 8.01. The largest absolute Gasteiger partial charge is 0.444 e. The predicted molar refractivity (Wildman–Crippen MR) is 92.5 cm³/mol. The van der Waals surface area contributed by atoms with Crippen LogP contribution < -0.4 is 10.6 Å². The number of carbonyl (C=O) groups excluding carboxylic acids is 2. The van der Waals surface area contributed by atoms with E-state index in [0.717, 1.165) is 5.75 Å². The summed E-state index contributed by atoms with van der Waals surface area (Å²) in [6.45, 7) is 13.1. The molecule has 134 valence electrons. The second-order valence-electron chi connectivity index (χ2n) is 8.20. The Morgan fingerprint density at radius 3 is 2.26 bits per heavy atom. The molecule has 1 aliphatic heterocycles. The van der Waals surface area contributed by atoms with E-state index in [4.69, 9.17) is 4.74 Å². The molecule has 0 saturated carbocycles. The van der Waals surface area contributed by atoms with Gasteiger partial charge in [0.1, 0.15) is 11.6 Å². The number of carbonyl (C=O) groups is 2. The van der Waals surface area contributed by atoms with Crippen LogP contribution in [0.25, 0.3) is 0 Å². The van der Waals surface area contributed by atoms with Crippen molar-refractivity contribution in [2.75, 3.05) is 12.4 Å². The lowest BCUT2D eigenvalue weighted by Crippen LogP contribution is -2.58. The van der Waals surface area contributed by atoms with Gasteiger partial charge < -0.3 is 20.5 Å². The van der Waals surface area contributed by atoms with E-state index in [9.17, 15) is 14.7 Å². The molecule has 1 saturated heterocycles. The van der Waals surface area contributed by atoms with Crippen LogP contribution in [-0.2, 0) is 9.53 Å². The van der Waals surface area contributed by atoms with Gasteiger partial charge in [0.05, 0.1) is 6.61 Å². The van der Waals surface area contributed by atoms with Crippen LogP contribution in [0.1, 0.15) is 48.5 Å². The molecule has 2 atom stereocenters. The van der Waals surface area contributed by atoms with E-state index in [2.05, 4.69) is 38.3 Å². The fraction of sp³-hybridized carbons (Fsp3) is 0.875. The van der Waals surface area contributed by atoms with Gasteiger partial charge in [-0.25, -0.2) is 4.79 Å². The molecule has 0 aromatic heterocycles. The summed E-state index contributed by atoms with van der Waals surface area (Å²) in [7, 11) is 0. The van der Waals surface area contributed by atoms with Crippen molar-refractivity contribution in [2.45, 2.75) is 70.9 Å². The first kappa shape index (κ1) is 20.1. The highest BCUT2D eigenvalue weighted by Gasteiger charge is 2.49. The Balaban J connectivity index is 2.72. The molecule has 23 heavy (non-hydrogen) atoms. The molecule has 0 aliphatic carbocycles. The van der Waals surface area contributed by atoms with Crippen LogP contribution in [0.5, 0.6) is 0 Å². The molecule has 3 N–H and O–H groups in total. The lowest BCUT2D eigenvalue weighted by Gasteiger charge is -2.35. The molecule has 2 amide bonds. The van der Waals surface area contributed by atoms with Crippen LogP contribution in [0, 0.1) is 5.41 Å². The lowest BCUT2D eigenvalue weighted by molar-refractivity contribution is -0.125. The van der Waals surface area contributed by atoms with Crippen LogP contribution in [0.4, 0.5) is 4.79 Å². The monoisotopic (exact) mass is 346 g/mol. The van der Waals surface area contributed by atoms with Crippen molar-refractivity contribution >= 4 is 23.8 Å². The number of nitrogens with one attached hydrogen (secondary N) is 2. The molecule has 0 radical (unpaired) electrons. The topological polar surface area (TPSA) is 87.7 Å². The minimum atomic E-state index is -1.03. The van der Waals surface area contributed by atoms with E-state index >= 15 is 0 Å². The minimum absolute atomic E-state index is 0.0537. The third kappa shape index (κ3) is 5.57. The fourth-order valence-corrected chi connectivity index (χ4v) is 4.19. The highest BCUT2D eigenvalue weighted by atomic mass is 32.2. The average Bonchev–Trinajstić information content (AvgIpc) is 2.56. The van der Waals surface area contributed by atoms with E-state index in [1.54, 1.807) is 20.8 Å². The second kappa shape index (κ2) is 6.89. The smallest absolute Gasteiger partial charge is 0.408 e. The fourth-order valence-electron chi connectivity index (χ4n) is 2.74. The Morgan fingerprint density at radius 1 is 1.30 bits per heavy atom. The van der Waals surface area contributed by atoms with Crippen LogP contribution in [0.3, 0.4) is 0 Å². The first-order valence-electron chi connectivity index (χ1n) is 7.83. The van der Waals surface area contributed by atoms with Crippen molar-refractivity contribution in [2.24, 2.45) is 5.41 Å². The Hall–Kier alpha value is -0.950. The van der Waals surface area contributed by atoms with Crippen LogP contribution >= 0.6 is 11.8 Å². The summed E-state index contributed by atoms with van der Waals surface area (Å²) in [6.07, 6.45) is -0.717. The SMILES string of the molecule is CC(C)(C)OC(=O)N[C@H](CO)C(=O)NC1C(C)(C)CSC1(C)C. The zero-order valence-electron chi connectivity index (χ0n) is 15.1. The summed E-state index contributed by atoms with van der Waals surface area (Å²) in [5.41, 5.74) is -0.720. The summed E-state index contributed by atoms with van der Waals surface area (Å²) in [4.78, 5) is 24.3. The molecular formula is C16H30N2O4S. The highest BCUT2D eigenvalue weighted by Crippen LogP contribution is 2.47. The molecule has 1 fully saturated rings. The average molecular weight is 346 g/mol. The third-order valence-electron chi connectivity index (χ3n) is 3.77. The summed E-state index contributed by atoms with van der Waals surface area (Å²) < 4.78 is 5.02. The third-order valence-corrected chi connectivity index (χ3v) is 5.64. The lowest BCUT2D eigenvalue weighted by atomic mass is 9.80. The van der Waals surface area contributed by atoms with Gasteiger partial charge in [-0.3, -0.25) is 4.79 Å². The first-order chi connectivity index (χ1) is 10.3. The maximum absolute atomic E-state index is 12.5. The van der Waals surface area contributed by atoms with Gasteiger partial charge in [0, 0.05) is 16.5 Å². The Morgan fingerprint density at radius 2 is 1.87 bits per heavy atom. The standard InChI is InChI=1S/C16H30N2O4S/c1-14(2,3)22-13(21)17-10(8-19)11(20)18-12-15(4,5)9-23-16(12,6)7/h10,12,19H,8-9H2,1-7H3,(H,17,21)(H,18,20)/t10-,12?/m1/s1. The van der Waals surface area contributed by atoms with Crippen LogP contribution in [-0.4, -0.2) is 51.9 Å². The molecule has 0 aromatic rings. The van der Waals surface area contributed by atoms with Gasteiger partial charge in [-0.05, 0) is 40.0 Å². The Kier molecular flexibility index (Phi) is 6.02. The van der Waals surface area contributed by atoms with Gasteiger partial charge in [-0.1, -0.05) is 13.8 Å². The number of rotatable bonds is 4. The van der Waals surface area contributed by atoms with Crippen molar-refractivity contribution in [1.82, 2.24) is 10.6 Å². The molecule has 7 heteroatoms. The van der Waals surface area contributed by atoms with Crippen molar-refractivity contribution in [3.63, 3.8) is 0 Å². The van der Waals surface area contributed by atoms with Gasteiger partial charge in [0.25, 0.3) is 0 Å². The summed E-state index contributed by atoms with van der Waals surface area (Å²) in [5, 5.41) is 14.9. The summed E-state index contributed by atoms with van der Waals surface area (Å²) in [5.74, 6) is 0.542. The van der Waals surface area contributed by atoms with Crippen LogP contribution in [0.2, 0.25) is 0 Å². The zero-order chi connectivity index (χ0) is 18.1. The number of alkyl carbamates (subject to hydrolysis) is 1. The summed E-state index contributed by atoms with van der Waals surface area (Å²) >= 11 is 1.81. The van der Waals surface area contributed by atoms with Crippen molar-refractivity contribution < 1.29 is 19.4 Å². The Labute approximate surface area is 143 Å². The molecule has 1 aliphatic rings. The summed E-state index contributed by atoms with van der Waals surface area (Å²) in [6, 6.07) is -1.08. The quantitative estimate of drug-likeness (QED) is 0.724. The van der Waals surface area contributed by atoms with E-state index in [1.165, 1.54) is 0 Å². The van der Waals surface area contributed by atoms with E-state index in [1.807, 2.05) is 11.8 Å². The molecule has 1 unspecified atom stereocenters. The first-order valence-corrected chi connectivity index (χ1v) is 8.82. The Bertz CT molecular complexity index is 441. The van der Waals surface area contributed by atoms with Crippen molar-refractivity contribution in [3.8, 4) is 0 Å². The number of ether oxygens (including phenoxy) is 1. The normalized spacial score (nSPS) is 23.9. The molecule has 0 aromatic carbocycles. The zero-order valence-corrected chi connectivity index (χ0v) is 16.0. The van der Waals surface area contributed by atoms with E-state index in [-0.39, 0.29) is 16.2 Å². The van der Waals surface area contributed by atoms with E-state index in [0.29, 0.717) is 0 Å². The van der Waals surface area contributed by atoms with Crippen LogP contribution in [0.15, 0.2) is 0 Å². The number of hydrogen-bond donors (Lipinski definition) is 3. The molecule has 0 spiro atoms. The number of thioether (sulfide) groups is 1. The number of aliphatic hydroxyl groups excluding tert-OH is 1. The molecule has 0 bridgehead atoms. The predicted octanol–water partition coefficient (Wildman–Crippen LogP) is 1.91. The van der Waals surface area contributed by atoms with Gasteiger partial charge in [-0.2, -0.15) is 11.8 Å². The molecule has 6 nitrogen and oxygen atoms in total. The van der Waals surface area contributed by atoms with Gasteiger partial charge in [0.2, 0.25) is 5.91 Å². The maximum Gasteiger partial charge on any atom is 0.408 e. The second-order valence-corrected chi connectivity index (χ2v) is 9.83. The van der Waals surface area contributed by atoms with Gasteiger partial charge in [-0.15, -0.1) is 0 Å². The van der Waals surface area contributed by atoms with Crippen molar-refractivity contribution in [1.29, 1.82) is 0 Å². The number of aliphatic hydroxyl groups is 1. The minimum Gasteiger partial charge on any atom is -0.444 e. The molecule has 1 heterocycles. The maximum atomic E-state index is 12.5. The number of hydrogen-bond acceptors (Lipinski definition) is 5. The number of amides is 2. The van der Waals surface area contributed by atoms with E-state index < -0.39 is 30.3 Å². The van der Waals surface area contributed by atoms with Crippen molar-refractivity contribution in [3.05, 3.63) is 0 Å².